The van der Waals surface area contributed by atoms with Crippen LogP contribution in [0.5, 0.6) is 0 Å². The summed E-state index contributed by atoms with van der Waals surface area (Å²) in [6, 6.07) is 22.2. The number of aromatic nitrogens is 1. The number of nitriles is 1. The van der Waals surface area contributed by atoms with Crippen LogP contribution in [0.1, 0.15) is 88.9 Å². The summed E-state index contributed by atoms with van der Waals surface area (Å²) >= 11 is 0. The predicted molar refractivity (Wildman–Crippen MR) is 205 cm³/mol. The molecule has 6 rings (SSSR count). The second kappa shape index (κ2) is 15.6. The number of nitrogens with zero attached hydrogens (tertiary/aromatic N) is 4. The van der Waals surface area contributed by atoms with Gasteiger partial charge in [-0.15, -0.1) is 0 Å². The van der Waals surface area contributed by atoms with Crippen LogP contribution in [-0.4, -0.2) is 36.2 Å². The Morgan fingerprint density at radius 2 is 1.84 bits per heavy atom. The van der Waals surface area contributed by atoms with E-state index in [2.05, 4.69) is 120 Å². The number of hydrogen-bond donors (Lipinski definition) is 2. The summed E-state index contributed by atoms with van der Waals surface area (Å²) in [7, 11) is 0. The van der Waals surface area contributed by atoms with Gasteiger partial charge in [0, 0.05) is 30.0 Å². The van der Waals surface area contributed by atoms with Crippen LogP contribution >= 0.6 is 0 Å². The number of rotatable bonds is 12. The second-order valence-electron chi connectivity index (χ2n) is 13.4. The highest BCUT2D eigenvalue weighted by Crippen LogP contribution is 2.35. The van der Waals surface area contributed by atoms with E-state index < -0.39 is 0 Å². The lowest BCUT2D eigenvalue weighted by Gasteiger charge is -2.19. The molecule has 3 heterocycles. The number of benzene rings is 3. The summed E-state index contributed by atoms with van der Waals surface area (Å²) in [5.74, 6) is 0. The van der Waals surface area contributed by atoms with Gasteiger partial charge >= 0.3 is 0 Å². The maximum absolute atomic E-state index is 10.1. The van der Waals surface area contributed by atoms with Gasteiger partial charge in [0.1, 0.15) is 0 Å². The van der Waals surface area contributed by atoms with Crippen molar-refractivity contribution in [1.29, 1.82) is 5.26 Å². The summed E-state index contributed by atoms with van der Waals surface area (Å²) in [5, 5.41) is 17.3. The van der Waals surface area contributed by atoms with Crippen molar-refractivity contribution < 1.29 is 0 Å². The molecule has 2 aliphatic rings. The molecule has 0 radical (unpaired) electrons. The average molecular weight is 649 g/mol. The molecule has 4 aromatic rings. The SMILES string of the molecule is C=Nc1cc(CN2CCCC2)cc(C#N)c1CCc1cccc(-c2cccc(NC(=C)c3ncc(C4CCCN4)cc3/C=C\C)c2C)c1C. The van der Waals surface area contributed by atoms with E-state index in [0.29, 0.717) is 11.6 Å². The van der Waals surface area contributed by atoms with E-state index in [0.717, 1.165) is 90.5 Å². The van der Waals surface area contributed by atoms with E-state index in [1.165, 1.54) is 47.1 Å². The van der Waals surface area contributed by atoms with Crippen molar-refractivity contribution in [3.63, 3.8) is 0 Å². The van der Waals surface area contributed by atoms with Gasteiger partial charge in [-0.25, -0.2) is 0 Å². The molecule has 0 aliphatic carbocycles. The third-order valence-electron chi connectivity index (χ3n) is 10.2. The Balaban J connectivity index is 1.22. The molecule has 3 aromatic carbocycles. The minimum Gasteiger partial charge on any atom is -0.354 e. The molecule has 1 unspecified atom stereocenters. The Hall–Kier alpha value is -4.83. The molecule has 2 aliphatic heterocycles. The highest BCUT2D eigenvalue weighted by atomic mass is 15.1. The fourth-order valence-corrected chi connectivity index (χ4v) is 7.52. The first-order valence-corrected chi connectivity index (χ1v) is 17.7. The van der Waals surface area contributed by atoms with Gasteiger partial charge < -0.3 is 10.6 Å². The first-order valence-electron chi connectivity index (χ1n) is 17.7. The molecule has 2 fully saturated rings. The zero-order valence-corrected chi connectivity index (χ0v) is 29.3. The summed E-state index contributed by atoms with van der Waals surface area (Å²) in [5.41, 5.74) is 14.6. The van der Waals surface area contributed by atoms with Crippen molar-refractivity contribution in [3.8, 4) is 17.2 Å². The maximum atomic E-state index is 10.1. The predicted octanol–water partition coefficient (Wildman–Crippen LogP) is 9.49. The Bertz CT molecular complexity index is 1920. The molecule has 0 saturated carbocycles. The molecule has 6 heteroatoms. The molecule has 0 spiro atoms. The third-order valence-corrected chi connectivity index (χ3v) is 10.2. The Labute approximate surface area is 292 Å². The lowest BCUT2D eigenvalue weighted by atomic mass is 9.90. The quantitative estimate of drug-likeness (QED) is 0.150. The molecule has 0 bridgehead atoms. The lowest BCUT2D eigenvalue weighted by Crippen LogP contribution is -2.18. The Morgan fingerprint density at radius 3 is 2.55 bits per heavy atom. The average Bonchev–Trinajstić information content (AvgIpc) is 3.84. The first kappa shape index (κ1) is 34.0. The molecule has 250 valence electrons. The summed E-state index contributed by atoms with van der Waals surface area (Å²) in [6.45, 7) is 18.8. The van der Waals surface area contributed by atoms with Gasteiger partial charge in [-0.1, -0.05) is 49.1 Å². The van der Waals surface area contributed by atoms with E-state index in [-0.39, 0.29) is 0 Å². The maximum Gasteiger partial charge on any atom is 0.0995 e. The van der Waals surface area contributed by atoms with Gasteiger partial charge in [-0.2, -0.15) is 5.26 Å². The number of nitrogens with one attached hydrogen (secondary N) is 2. The van der Waals surface area contributed by atoms with Crippen LogP contribution in [0.3, 0.4) is 0 Å². The molecule has 2 saturated heterocycles. The number of allylic oxidation sites excluding steroid dienone is 1. The minimum atomic E-state index is 0.365. The largest absolute Gasteiger partial charge is 0.354 e. The summed E-state index contributed by atoms with van der Waals surface area (Å²) in [4.78, 5) is 11.7. The van der Waals surface area contributed by atoms with Gasteiger partial charge in [0.05, 0.1) is 28.7 Å². The van der Waals surface area contributed by atoms with Crippen LogP contribution in [0.15, 0.2) is 78.4 Å². The number of aryl methyl sites for hydroxylation is 1. The molecular weight excluding hydrogens is 601 g/mol. The smallest absolute Gasteiger partial charge is 0.0995 e. The van der Waals surface area contributed by atoms with Crippen molar-refractivity contribution >= 4 is 29.9 Å². The summed E-state index contributed by atoms with van der Waals surface area (Å²) in [6.07, 6.45) is 12.5. The van der Waals surface area contributed by atoms with Gasteiger partial charge in [0.25, 0.3) is 0 Å². The van der Waals surface area contributed by atoms with Crippen LogP contribution in [-0.2, 0) is 19.4 Å². The fraction of sp³-hybridized carbons (Fsp3) is 0.326. The monoisotopic (exact) mass is 648 g/mol. The lowest BCUT2D eigenvalue weighted by molar-refractivity contribution is 0.331. The fourth-order valence-electron chi connectivity index (χ4n) is 7.52. The Morgan fingerprint density at radius 1 is 1.06 bits per heavy atom. The number of hydrogen-bond acceptors (Lipinski definition) is 6. The molecule has 1 aromatic heterocycles. The van der Waals surface area contributed by atoms with Crippen molar-refractivity contribution in [2.75, 3.05) is 25.0 Å². The van der Waals surface area contributed by atoms with Crippen molar-refractivity contribution in [2.24, 2.45) is 4.99 Å². The first-order chi connectivity index (χ1) is 23.9. The van der Waals surface area contributed by atoms with Gasteiger partial charge in [0.2, 0.25) is 0 Å². The number of likely N-dealkylation sites (tertiary alicyclic amines) is 1. The molecular formula is C43H48N6. The van der Waals surface area contributed by atoms with Crippen LogP contribution in [0.2, 0.25) is 0 Å². The van der Waals surface area contributed by atoms with E-state index in [1.54, 1.807) is 0 Å². The zero-order valence-electron chi connectivity index (χ0n) is 29.3. The van der Waals surface area contributed by atoms with Crippen molar-refractivity contribution in [3.05, 3.63) is 124 Å². The molecule has 6 nitrogen and oxygen atoms in total. The minimum absolute atomic E-state index is 0.365. The van der Waals surface area contributed by atoms with E-state index in [9.17, 15) is 5.26 Å². The van der Waals surface area contributed by atoms with Gasteiger partial charge in [0.15, 0.2) is 0 Å². The topological polar surface area (TPSA) is 76.3 Å². The number of aliphatic imine (C=N–C) groups is 1. The van der Waals surface area contributed by atoms with Crippen LogP contribution in [0, 0.1) is 25.2 Å². The van der Waals surface area contributed by atoms with Crippen LogP contribution in [0.25, 0.3) is 22.9 Å². The number of anilines is 1. The highest BCUT2D eigenvalue weighted by Gasteiger charge is 2.20. The van der Waals surface area contributed by atoms with E-state index in [4.69, 9.17) is 4.98 Å². The molecule has 0 amide bonds. The van der Waals surface area contributed by atoms with Crippen molar-refractivity contribution in [1.82, 2.24) is 15.2 Å². The standard InChI is InChI=1S/C43H48N6/c1-6-12-34-25-36(41-17-11-20-46-41)27-47-43(34)31(4)48-40-16-10-15-38(30(40)3)37-14-9-13-33(29(37)2)18-19-39-35(26-44)23-32(24-42(39)45-5)28-49-21-7-8-22-49/h6,9-10,12-16,23-25,27,41,46,48H,4-5,7-8,11,17-22,28H2,1-3H3/b12-6-. The van der Waals surface area contributed by atoms with Crippen molar-refractivity contribution in [2.45, 2.75) is 71.9 Å². The molecule has 49 heavy (non-hydrogen) atoms. The van der Waals surface area contributed by atoms with E-state index >= 15 is 0 Å². The van der Waals surface area contributed by atoms with Crippen LogP contribution < -0.4 is 10.6 Å². The highest BCUT2D eigenvalue weighted by molar-refractivity contribution is 5.83. The van der Waals surface area contributed by atoms with Crippen LogP contribution in [0.4, 0.5) is 11.4 Å². The molecule has 2 N–H and O–H groups in total. The Kier molecular flexibility index (Phi) is 10.8. The summed E-state index contributed by atoms with van der Waals surface area (Å²) < 4.78 is 0. The van der Waals surface area contributed by atoms with Gasteiger partial charge in [-0.05, 0) is 154 Å². The number of pyridine rings is 1. The van der Waals surface area contributed by atoms with E-state index in [1.807, 2.05) is 13.1 Å². The third kappa shape index (κ3) is 7.59. The molecule has 1 atom stereocenters. The second-order valence-corrected chi connectivity index (χ2v) is 13.4. The zero-order chi connectivity index (χ0) is 34.3. The van der Waals surface area contributed by atoms with Gasteiger partial charge in [-0.3, -0.25) is 14.9 Å². The normalized spacial score (nSPS) is 16.2.